The number of hydrogen-bond acceptors (Lipinski definition) is 5. The summed E-state index contributed by atoms with van der Waals surface area (Å²) >= 11 is 6.13. The molecule has 0 heterocycles. The fourth-order valence-electron chi connectivity index (χ4n) is 2.64. The van der Waals surface area contributed by atoms with Crippen LogP contribution in [0.5, 0.6) is 5.75 Å². The highest BCUT2D eigenvalue weighted by molar-refractivity contribution is 7.49. The van der Waals surface area contributed by atoms with Crippen molar-refractivity contribution in [2.75, 3.05) is 19.8 Å². The third-order valence-corrected chi connectivity index (χ3v) is 6.68. The molecule has 5 nitrogen and oxygen atoms in total. The first-order valence-electron chi connectivity index (χ1n) is 11.3. The Morgan fingerprint density at radius 3 is 2.20 bits per heavy atom. The van der Waals surface area contributed by atoms with E-state index in [0.717, 1.165) is 13.0 Å². The lowest BCUT2D eigenvalue weighted by Crippen LogP contribution is -2.17. The van der Waals surface area contributed by atoms with Gasteiger partial charge in [0.1, 0.15) is 5.75 Å². The quantitative estimate of drug-likeness (QED) is 0.163. The zero-order valence-corrected chi connectivity index (χ0v) is 20.8. The van der Waals surface area contributed by atoms with Gasteiger partial charge >= 0.3 is 7.82 Å². The number of benzene rings is 1. The summed E-state index contributed by atoms with van der Waals surface area (Å²) in [6.07, 6.45) is 9.17. The van der Waals surface area contributed by atoms with Gasteiger partial charge in [-0.2, -0.15) is 0 Å². The molecule has 0 amide bonds. The van der Waals surface area contributed by atoms with Crippen LogP contribution in [0.15, 0.2) is 24.3 Å². The molecular weight excluding hydrogens is 423 g/mol. The maximum atomic E-state index is 13.2. The van der Waals surface area contributed by atoms with E-state index in [4.69, 9.17) is 29.9 Å². The van der Waals surface area contributed by atoms with Crippen LogP contribution in [0.25, 0.3) is 0 Å². The molecule has 0 spiro atoms. The molecule has 0 fully saturated rings. The van der Waals surface area contributed by atoms with Gasteiger partial charge in [-0.05, 0) is 37.8 Å². The van der Waals surface area contributed by atoms with Crippen LogP contribution in [0.4, 0.5) is 0 Å². The molecule has 0 radical (unpaired) electrons. The van der Waals surface area contributed by atoms with Crippen molar-refractivity contribution in [1.29, 1.82) is 0 Å². The number of ether oxygens (including phenoxy) is 1. The van der Waals surface area contributed by atoms with E-state index in [1.807, 2.05) is 20.8 Å². The second-order valence-corrected chi connectivity index (χ2v) is 9.90. The van der Waals surface area contributed by atoms with Gasteiger partial charge in [-0.3, -0.25) is 9.05 Å². The third-order valence-electron chi connectivity index (χ3n) is 4.86. The van der Waals surface area contributed by atoms with E-state index in [0.29, 0.717) is 18.1 Å². The molecule has 1 rings (SSSR count). The van der Waals surface area contributed by atoms with Gasteiger partial charge in [-0.1, -0.05) is 83.0 Å². The zero-order chi connectivity index (χ0) is 22.2. The summed E-state index contributed by atoms with van der Waals surface area (Å²) in [5, 5.41) is 0.361. The summed E-state index contributed by atoms with van der Waals surface area (Å²) in [5.41, 5.74) is 0. The van der Waals surface area contributed by atoms with Crippen LogP contribution in [-0.4, -0.2) is 25.9 Å². The number of phosphoric acid groups is 1. The Morgan fingerprint density at radius 1 is 0.900 bits per heavy atom. The summed E-state index contributed by atoms with van der Waals surface area (Å²) in [5.74, 6) is 0.454. The second-order valence-electron chi connectivity index (χ2n) is 7.94. The van der Waals surface area contributed by atoms with Crippen molar-refractivity contribution in [3.8, 4) is 5.75 Å². The number of halogens is 1. The first kappa shape index (κ1) is 27.5. The van der Waals surface area contributed by atoms with Gasteiger partial charge in [-0.25, -0.2) is 4.57 Å². The van der Waals surface area contributed by atoms with Gasteiger partial charge < -0.3 is 9.26 Å². The Labute approximate surface area is 188 Å². The van der Waals surface area contributed by atoms with Crippen LogP contribution < -0.4 is 4.52 Å². The largest absolute Gasteiger partial charge is 0.530 e. The molecule has 2 unspecified atom stereocenters. The van der Waals surface area contributed by atoms with Gasteiger partial charge in [0.05, 0.1) is 17.7 Å². The van der Waals surface area contributed by atoms with Crippen LogP contribution in [0, 0.1) is 5.92 Å². The summed E-state index contributed by atoms with van der Waals surface area (Å²) < 4.78 is 35.7. The number of phosphoric ester groups is 1. The van der Waals surface area contributed by atoms with Gasteiger partial charge in [-0.15, -0.1) is 0 Å². The standard InChI is InChI=1S/C23H40ClO5P/c1-5-6-7-8-9-10-13-17-26-18-14-19-27-30(25,28-21(4)20(2)3)29-23-16-12-11-15-22(23)24/h11-12,15-16,20-21H,5-10,13-14,17-19H2,1-4H3. The molecule has 0 aliphatic heterocycles. The van der Waals surface area contributed by atoms with Crippen LogP contribution in [-0.2, 0) is 18.3 Å². The number of unbranched alkanes of at least 4 members (excludes halogenated alkanes) is 6. The van der Waals surface area contributed by atoms with Gasteiger partial charge in [0.15, 0.2) is 0 Å². The predicted molar refractivity (Wildman–Crippen MR) is 124 cm³/mol. The van der Waals surface area contributed by atoms with E-state index in [9.17, 15) is 4.57 Å². The van der Waals surface area contributed by atoms with E-state index in [2.05, 4.69) is 6.92 Å². The zero-order valence-electron chi connectivity index (χ0n) is 19.1. The van der Waals surface area contributed by atoms with Crippen LogP contribution >= 0.6 is 19.4 Å². The molecule has 0 aliphatic carbocycles. The molecule has 2 atom stereocenters. The molecule has 0 saturated heterocycles. The van der Waals surface area contributed by atoms with Gasteiger partial charge in [0, 0.05) is 13.2 Å². The highest BCUT2D eigenvalue weighted by Gasteiger charge is 2.32. The smallest absolute Gasteiger partial charge is 0.402 e. The lowest BCUT2D eigenvalue weighted by molar-refractivity contribution is 0.0792. The van der Waals surface area contributed by atoms with Crippen molar-refractivity contribution in [1.82, 2.24) is 0 Å². The predicted octanol–water partition coefficient (Wildman–Crippen LogP) is 8.06. The summed E-state index contributed by atoms with van der Waals surface area (Å²) in [7, 11) is -3.80. The summed E-state index contributed by atoms with van der Waals surface area (Å²) in [4.78, 5) is 0. The lowest BCUT2D eigenvalue weighted by atomic mass is 10.1. The normalized spacial score (nSPS) is 14.6. The van der Waals surface area contributed by atoms with E-state index >= 15 is 0 Å². The highest BCUT2D eigenvalue weighted by Crippen LogP contribution is 2.52. The maximum absolute atomic E-state index is 13.2. The first-order chi connectivity index (χ1) is 14.4. The minimum atomic E-state index is -3.80. The monoisotopic (exact) mass is 462 g/mol. The molecule has 7 heteroatoms. The highest BCUT2D eigenvalue weighted by atomic mass is 35.5. The number of para-hydroxylation sites is 1. The minimum absolute atomic E-state index is 0.169. The fourth-order valence-corrected chi connectivity index (χ4v) is 4.43. The van der Waals surface area contributed by atoms with E-state index in [1.54, 1.807) is 24.3 Å². The third kappa shape index (κ3) is 12.3. The Hall–Kier alpha value is -0.580. The Morgan fingerprint density at radius 2 is 1.53 bits per heavy atom. The molecule has 0 aromatic heterocycles. The van der Waals surface area contributed by atoms with Crippen molar-refractivity contribution in [3.05, 3.63) is 29.3 Å². The van der Waals surface area contributed by atoms with Crippen molar-refractivity contribution in [2.24, 2.45) is 5.92 Å². The maximum Gasteiger partial charge on any atom is 0.530 e. The molecule has 0 N–H and O–H groups in total. The molecule has 30 heavy (non-hydrogen) atoms. The SMILES string of the molecule is CCCCCCCCCOCCCOP(=O)(Oc1ccccc1Cl)OC(C)C(C)C. The number of hydrogen-bond donors (Lipinski definition) is 0. The molecule has 1 aromatic carbocycles. The summed E-state index contributed by atoms with van der Waals surface area (Å²) in [6.45, 7) is 9.59. The molecule has 174 valence electrons. The van der Waals surface area contributed by atoms with Crippen molar-refractivity contribution in [3.63, 3.8) is 0 Å². The van der Waals surface area contributed by atoms with Crippen molar-refractivity contribution in [2.45, 2.75) is 85.2 Å². The second kappa shape index (κ2) is 16.1. The Kier molecular flexibility index (Phi) is 14.7. The van der Waals surface area contributed by atoms with E-state index in [1.165, 1.54) is 38.5 Å². The molecule has 1 aromatic rings. The number of rotatable bonds is 18. The van der Waals surface area contributed by atoms with Crippen molar-refractivity contribution < 1.29 is 22.9 Å². The van der Waals surface area contributed by atoms with Crippen molar-refractivity contribution >= 4 is 19.4 Å². The topological polar surface area (TPSA) is 54.0 Å². The first-order valence-corrected chi connectivity index (χ1v) is 13.2. The van der Waals surface area contributed by atoms with Crippen LogP contribution in [0.2, 0.25) is 5.02 Å². The van der Waals surface area contributed by atoms with Crippen LogP contribution in [0.3, 0.4) is 0 Å². The Bertz CT molecular complexity index is 611. The Balaban J connectivity index is 2.33. The van der Waals surface area contributed by atoms with Gasteiger partial charge in [0.25, 0.3) is 0 Å². The molecular formula is C23H40ClO5P. The molecule has 0 bridgehead atoms. The fraction of sp³-hybridized carbons (Fsp3) is 0.739. The lowest BCUT2D eigenvalue weighted by Gasteiger charge is -2.24. The van der Waals surface area contributed by atoms with E-state index in [-0.39, 0.29) is 24.4 Å². The molecule has 0 aliphatic rings. The summed E-state index contributed by atoms with van der Waals surface area (Å²) in [6, 6.07) is 6.86. The van der Waals surface area contributed by atoms with Gasteiger partial charge in [0.2, 0.25) is 0 Å². The average Bonchev–Trinajstić information content (AvgIpc) is 2.70. The minimum Gasteiger partial charge on any atom is -0.402 e. The average molecular weight is 463 g/mol. The van der Waals surface area contributed by atoms with E-state index < -0.39 is 7.82 Å². The molecule has 0 saturated carbocycles. The van der Waals surface area contributed by atoms with Crippen LogP contribution in [0.1, 0.15) is 79.1 Å².